The number of nitrogens with two attached hydrogens (primary N) is 1. The average molecular weight is 194 g/mol. The minimum Gasteiger partial charge on any atom is -0.333 e. The molecule has 0 aliphatic rings. The van der Waals surface area contributed by atoms with Gasteiger partial charge >= 0.3 is 0 Å². The van der Waals surface area contributed by atoms with Gasteiger partial charge in [-0.05, 0) is 7.05 Å². The van der Waals surface area contributed by atoms with E-state index in [-0.39, 0.29) is 90.3 Å². The normalized spacial score (nSPS) is 1.50. The summed E-state index contributed by atoms with van der Waals surface area (Å²) in [6.45, 7) is 0. The van der Waals surface area contributed by atoms with E-state index in [1.54, 1.807) is 0 Å². The van der Waals surface area contributed by atoms with Crippen molar-refractivity contribution in [3.05, 3.63) is 0 Å². The maximum Gasteiger partial charge on any atom is 0.0108 e. The molecule has 0 aromatic heterocycles. The Bertz CT molecular complexity index is 14.0. The number of halogens is 1. The van der Waals surface area contributed by atoms with Crippen molar-refractivity contribution in [2.24, 2.45) is 5.73 Å². The Morgan fingerprint density at radius 1 is 0.875 bits per heavy atom. The van der Waals surface area contributed by atoms with Crippen LogP contribution in [0.3, 0.4) is 0 Å². The third-order valence-electron chi connectivity index (χ3n) is 0. The summed E-state index contributed by atoms with van der Waals surface area (Å²) in [5.41, 5.74) is 4.50. The van der Waals surface area contributed by atoms with E-state index in [0.717, 1.165) is 0 Å². The van der Waals surface area contributed by atoms with Gasteiger partial charge in [-0.2, -0.15) is 0 Å². The molecule has 0 radical (unpaired) electrons. The first-order chi connectivity index (χ1) is 2.00. The third-order valence-corrected chi connectivity index (χ3v) is 0. The van der Waals surface area contributed by atoms with Gasteiger partial charge in [-0.1, -0.05) is 14.9 Å². The molecule has 0 fully saturated rings. The van der Waals surface area contributed by atoms with Gasteiger partial charge in [-0.25, -0.2) is 0 Å². The van der Waals surface area contributed by atoms with Gasteiger partial charge in [0.2, 0.25) is 0 Å². The van der Waals surface area contributed by atoms with Crippen molar-refractivity contribution in [1.82, 2.24) is 0 Å². The Morgan fingerprint density at radius 2 is 0.875 bits per heavy atom. The van der Waals surface area contributed by atoms with Gasteiger partial charge in [0, 0.05) is 81.9 Å². The summed E-state index contributed by atoms with van der Waals surface area (Å²) < 4.78 is 0. The third kappa shape index (κ3) is 69.0. The molecule has 0 unspecified atom stereocenters. The molecule has 0 heterocycles. The van der Waals surface area contributed by atoms with E-state index in [1.165, 1.54) is 13.4 Å². The molecule has 0 rings (SSSR count). The van der Waals surface area contributed by atoms with E-state index >= 15 is 0 Å². The summed E-state index contributed by atoms with van der Waals surface area (Å²) in [4.78, 5) is 0. The van der Waals surface area contributed by atoms with Gasteiger partial charge in [0.05, 0.1) is 0 Å². The van der Waals surface area contributed by atoms with Crippen LogP contribution in [0, 0.1) is 75.5 Å². The van der Waals surface area contributed by atoms with E-state index in [1.807, 2.05) is 0 Å². The van der Waals surface area contributed by atoms with Crippen molar-refractivity contribution < 1.29 is 75.5 Å². The zero-order valence-corrected chi connectivity index (χ0v) is 5.83. The predicted octanol–water partition coefficient (Wildman–Crippen LogP) is 1.70. The topological polar surface area (TPSA) is 26.0 Å². The second-order valence-electron chi connectivity index (χ2n) is 0. The smallest absolute Gasteiger partial charge is 0.0108 e. The van der Waals surface area contributed by atoms with Gasteiger partial charge in [0.25, 0.3) is 0 Å². The summed E-state index contributed by atoms with van der Waals surface area (Å²) in [6.07, 6.45) is 1.47. The molecule has 1 nitrogen and oxygen atoms in total. The molecular weight excluding hydrogens is 177 g/mol. The molecule has 0 atom stereocenters. The molecule has 0 saturated carbocycles. The first-order valence-electron chi connectivity index (χ1n) is 0.955. The Hall–Kier alpha value is 2.77. The standard InChI is InChI=1S/CH3Cl.CH5N.2CH4.2Ar/c2*1-2;;;;/h1H3;2H2,1H3;2*1H4;;. The van der Waals surface area contributed by atoms with Crippen LogP contribution in [-0.2, 0) is 0 Å². The van der Waals surface area contributed by atoms with E-state index in [2.05, 4.69) is 17.3 Å². The molecule has 4 heteroatoms. The SMILES string of the molecule is C.C.CCl.CN.[Ar].[Ar]. The van der Waals surface area contributed by atoms with Gasteiger partial charge in [0.1, 0.15) is 0 Å². The maximum absolute atomic E-state index is 4.64. The maximum atomic E-state index is 4.64. The first kappa shape index (κ1) is 45.2. The van der Waals surface area contributed by atoms with E-state index in [9.17, 15) is 0 Å². The fraction of sp³-hybridized carbons (Fsp3) is 1.00. The molecule has 0 bridgehead atoms. The van der Waals surface area contributed by atoms with E-state index < -0.39 is 0 Å². The van der Waals surface area contributed by atoms with Crippen molar-refractivity contribution in [2.45, 2.75) is 14.9 Å². The van der Waals surface area contributed by atoms with Gasteiger partial charge in [-0.3, -0.25) is 0 Å². The Balaban J connectivity index is -0.00000000167. The number of hydrogen-bond acceptors (Lipinski definition) is 1. The Kier molecular flexibility index (Phi) is 553. The molecule has 2 N–H and O–H groups in total. The van der Waals surface area contributed by atoms with Gasteiger partial charge < -0.3 is 5.73 Å². The number of alkyl halides is 1. The molecule has 0 aliphatic carbocycles. The zero-order chi connectivity index (χ0) is 4.00. The zero-order valence-electron chi connectivity index (χ0n) is 3.66. The van der Waals surface area contributed by atoms with Crippen LogP contribution in [0.4, 0.5) is 0 Å². The monoisotopic (exact) mass is 193 g/mol. The molecule has 8 heavy (non-hydrogen) atoms. The summed E-state index contributed by atoms with van der Waals surface area (Å²) in [5, 5.41) is 0. The fourth-order valence-corrected chi connectivity index (χ4v) is 0. The summed E-state index contributed by atoms with van der Waals surface area (Å²) in [7, 11) is 1.50. The van der Waals surface area contributed by atoms with Crippen LogP contribution in [0.2, 0.25) is 0 Å². The van der Waals surface area contributed by atoms with Gasteiger partial charge in [0.15, 0.2) is 0 Å². The Labute approximate surface area is 119 Å². The number of hydrogen-bond donors (Lipinski definition) is 1. The second-order valence-corrected chi connectivity index (χ2v) is 0. The quantitative estimate of drug-likeness (QED) is 0.583. The van der Waals surface area contributed by atoms with Crippen molar-refractivity contribution in [3.8, 4) is 0 Å². The summed E-state index contributed by atoms with van der Waals surface area (Å²) in [6, 6.07) is 0. The van der Waals surface area contributed by atoms with E-state index in [0.29, 0.717) is 0 Å². The second kappa shape index (κ2) is 98.0. The molecule has 60 valence electrons. The van der Waals surface area contributed by atoms with Crippen molar-refractivity contribution in [2.75, 3.05) is 13.4 Å². The van der Waals surface area contributed by atoms with Crippen LogP contribution >= 0.6 is 11.6 Å². The average Bonchev–Trinajstić information content (AvgIpc) is 1.50. The molecule has 0 aromatic rings. The van der Waals surface area contributed by atoms with Crippen LogP contribution < -0.4 is 5.73 Å². The van der Waals surface area contributed by atoms with Crippen LogP contribution in [0.5, 0.6) is 0 Å². The van der Waals surface area contributed by atoms with Crippen molar-refractivity contribution >= 4 is 11.6 Å². The fourth-order valence-electron chi connectivity index (χ4n) is 0. The minimum absolute atomic E-state index is 0. The molecule has 0 saturated heterocycles. The Morgan fingerprint density at radius 3 is 0.875 bits per heavy atom. The van der Waals surface area contributed by atoms with Crippen molar-refractivity contribution in [3.63, 3.8) is 0 Å². The summed E-state index contributed by atoms with van der Waals surface area (Å²) in [5.74, 6) is 0. The van der Waals surface area contributed by atoms with Crippen LogP contribution in [0.15, 0.2) is 0 Å². The molecule has 0 amide bonds. The number of rotatable bonds is 0. The van der Waals surface area contributed by atoms with Crippen LogP contribution in [0.1, 0.15) is 14.9 Å². The van der Waals surface area contributed by atoms with Crippen LogP contribution in [-0.4, -0.2) is 13.4 Å². The minimum atomic E-state index is 0. The van der Waals surface area contributed by atoms with Crippen LogP contribution in [0.25, 0.3) is 0 Å². The summed E-state index contributed by atoms with van der Waals surface area (Å²) >= 11 is 4.64. The molecule has 0 spiro atoms. The predicted molar refractivity (Wildman–Crippen MR) is 35.4 cm³/mol. The van der Waals surface area contributed by atoms with E-state index in [4.69, 9.17) is 0 Å². The molecular formula is C4H16Ar2ClN. The first-order valence-corrected chi connectivity index (χ1v) is 1.71. The molecule has 0 aromatic carbocycles. The van der Waals surface area contributed by atoms with Crippen molar-refractivity contribution in [1.29, 1.82) is 0 Å². The molecule has 0 aliphatic heterocycles. The largest absolute Gasteiger partial charge is 0.333 e. The van der Waals surface area contributed by atoms with Gasteiger partial charge in [-0.15, -0.1) is 11.6 Å².